The molecular formula is C21H26N2O2. The largest absolute Gasteiger partial charge is 0.468 e. The van der Waals surface area contributed by atoms with Gasteiger partial charge in [0.05, 0.1) is 7.11 Å². The topological polar surface area (TPSA) is 32.8 Å². The van der Waals surface area contributed by atoms with E-state index >= 15 is 0 Å². The summed E-state index contributed by atoms with van der Waals surface area (Å²) in [5.41, 5.74) is 2.49. The first-order valence-electron chi connectivity index (χ1n) is 8.81. The molecule has 2 aromatic rings. The van der Waals surface area contributed by atoms with Crippen LogP contribution >= 0.6 is 0 Å². The summed E-state index contributed by atoms with van der Waals surface area (Å²) in [6.45, 7) is 5.45. The summed E-state index contributed by atoms with van der Waals surface area (Å²) in [6, 6.07) is 20.8. The maximum atomic E-state index is 12.4. The zero-order valence-electron chi connectivity index (χ0n) is 15.0. The molecule has 0 aromatic heterocycles. The highest BCUT2D eigenvalue weighted by atomic mass is 16.5. The molecule has 2 atom stereocenters. The molecule has 0 saturated carbocycles. The van der Waals surface area contributed by atoms with Crippen molar-refractivity contribution in [3.8, 4) is 0 Å². The minimum absolute atomic E-state index is 0.152. The van der Waals surface area contributed by atoms with E-state index in [1.54, 1.807) is 0 Å². The van der Waals surface area contributed by atoms with E-state index in [1.165, 1.54) is 18.2 Å². The lowest BCUT2D eigenvalue weighted by atomic mass is 10.0. The molecule has 1 heterocycles. The second-order valence-corrected chi connectivity index (χ2v) is 6.73. The fourth-order valence-electron chi connectivity index (χ4n) is 3.59. The van der Waals surface area contributed by atoms with Crippen molar-refractivity contribution in [2.24, 2.45) is 0 Å². The van der Waals surface area contributed by atoms with Crippen LogP contribution in [0.15, 0.2) is 60.7 Å². The highest BCUT2D eigenvalue weighted by Crippen LogP contribution is 2.21. The van der Waals surface area contributed by atoms with Gasteiger partial charge in [0.2, 0.25) is 0 Å². The van der Waals surface area contributed by atoms with Crippen LogP contribution in [0.2, 0.25) is 0 Å². The van der Waals surface area contributed by atoms with Gasteiger partial charge in [-0.25, -0.2) is 0 Å². The van der Waals surface area contributed by atoms with Crippen LogP contribution in [-0.4, -0.2) is 48.1 Å². The Bertz CT molecular complexity index is 675. The quantitative estimate of drug-likeness (QED) is 0.785. The first-order chi connectivity index (χ1) is 12.2. The minimum Gasteiger partial charge on any atom is -0.468 e. The second kappa shape index (κ2) is 8.28. The number of ether oxygens (including phenoxy) is 1. The first kappa shape index (κ1) is 17.6. The zero-order valence-corrected chi connectivity index (χ0v) is 15.0. The Morgan fingerprint density at radius 3 is 2.08 bits per heavy atom. The number of methoxy groups -OCH3 is 1. The average Bonchev–Trinajstić information content (AvgIpc) is 2.65. The number of carbonyl (C=O) groups excluding carboxylic acids is 1. The Morgan fingerprint density at radius 2 is 1.52 bits per heavy atom. The highest BCUT2D eigenvalue weighted by molar-refractivity contribution is 5.76. The van der Waals surface area contributed by atoms with E-state index < -0.39 is 0 Å². The monoisotopic (exact) mass is 338 g/mol. The van der Waals surface area contributed by atoms with E-state index in [9.17, 15) is 4.79 Å². The van der Waals surface area contributed by atoms with E-state index in [0.717, 1.165) is 19.6 Å². The molecule has 4 nitrogen and oxygen atoms in total. The molecule has 2 aromatic carbocycles. The van der Waals surface area contributed by atoms with Gasteiger partial charge in [0, 0.05) is 32.2 Å². The Kier molecular flexibility index (Phi) is 5.84. The minimum atomic E-state index is -0.238. The number of benzene rings is 2. The van der Waals surface area contributed by atoms with Gasteiger partial charge in [-0.2, -0.15) is 0 Å². The molecule has 1 aliphatic heterocycles. The van der Waals surface area contributed by atoms with E-state index in [2.05, 4.69) is 53.1 Å². The van der Waals surface area contributed by atoms with Gasteiger partial charge in [0.15, 0.2) is 0 Å². The van der Waals surface area contributed by atoms with Crippen molar-refractivity contribution >= 4 is 5.97 Å². The van der Waals surface area contributed by atoms with Crippen molar-refractivity contribution in [3.63, 3.8) is 0 Å². The third kappa shape index (κ3) is 4.47. The molecular weight excluding hydrogens is 312 g/mol. The number of piperazine rings is 1. The number of esters is 1. The van der Waals surface area contributed by atoms with Crippen molar-refractivity contribution in [2.45, 2.75) is 32.1 Å². The highest BCUT2D eigenvalue weighted by Gasteiger charge is 2.37. The molecule has 25 heavy (non-hydrogen) atoms. The summed E-state index contributed by atoms with van der Waals surface area (Å²) < 4.78 is 5.10. The second-order valence-electron chi connectivity index (χ2n) is 6.73. The maximum absolute atomic E-state index is 12.4. The van der Waals surface area contributed by atoms with Crippen molar-refractivity contribution in [2.75, 3.05) is 20.2 Å². The number of rotatable bonds is 5. The third-order valence-electron chi connectivity index (χ3n) is 4.85. The lowest BCUT2D eigenvalue weighted by Gasteiger charge is -2.44. The number of nitrogens with zero attached hydrogens (tertiary/aromatic N) is 2. The molecule has 0 aliphatic carbocycles. The van der Waals surface area contributed by atoms with Gasteiger partial charge in [-0.3, -0.25) is 14.6 Å². The molecule has 1 fully saturated rings. The molecule has 132 valence electrons. The summed E-state index contributed by atoms with van der Waals surface area (Å²) in [4.78, 5) is 17.0. The van der Waals surface area contributed by atoms with Crippen LogP contribution in [0.25, 0.3) is 0 Å². The lowest BCUT2D eigenvalue weighted by molar-refractivity contribution is -0.152. The molecule has 1 aliphatic rings. The summed E-state index contributed by atoms with van der Waals surface area (Å²) in [5.74, 6) is -0.152. The van der Waals surface area contributed by atoms with E-state index in [0.29, 0.717) is 6.54 Å². The van der Waals surface area contributed by atoms with Crippen LogP contribution in [0.3, 0.4) is 0 Å². The Morgan fingerprint density at radius 1 is 0.960 bits per heavy atom. The van der Waals surface area contributed by atoms with Crippen molar-refractivity contribution in [1.29, 1.82) is 0 Å². The Balaban J connectivity index is 1.74. The van der Waals surface area contributed by atoms with Crippen LogP contribution in [0, 0.1) is 0 Å². The molecule has 4 heteroatoms. The van der Waals surface area contributed by atoms with Crippen LogP contribution in [-0.2, 0) is 22.6 Å². The SMILES string of the molecule is COC(=O)C1CN(Cc2ccccc2)CC(C)N1Cc1ccccc1. The Hall–Kier alpha value is -2.17. The van der Waals surface area contributed by atoms with Crippen molar-refractivity contribution in [1.82, 2.24) is 9.80 Å². The maximum Gasteiger partial charge on any atom is 0.324 e. The fourth-order valence-corrected chi connectivity index (χ4v) is 3.59. The molecule has 3 rings (SSSR count). The van der Waals surface area contributed by atoms with Crippen LogP contribution in [0.4, 0.5) is 0 Å². The van der Waals surface area contributed by atoms with Crippen molar-refractivity contribution < 1.29 is 9.53 Å². The van der Waals surface area contributed by atoms with Crippen molar-refractivity contribution in [3.05, 3.63) is 71.8 Å². The summed E-state index contributed by atoms with van der Waals surface area (Å²) >= 11 is 0. The third-order valence-corrected chi connectivity index (χ3v) is 4.85. The van der Waals surface area contributed by atoms with Gasteiger partial charge in [-0.1, -0.05) is 60.7 Å². The first-order valence-corrected chi connectivity index (χ1v) is 8.81. The predicted octanol–water partition coefficient (Wildman–Crippen LogP) is 2.93. The van der Waals surface area contributed by atoms with Crippen LogP contribution in [0.1, 0.15) is 18.1 Å². The zero-order chi connectivity index (χ0) is 17.6. The molecule has 0 radical (unpaired) electrons. The molecule has 2 unspecified atom stereocenters. The molecule has 0 N–H and O–H groups in total. The van der Waals surface area contributed by atoms with Gasteiger partial charge in [-0.15, -0.1) is 0 Å². The standard InChI is InChI=1S/C21H26N2O2/c1-17-13-22(14-18-9-5-3-6-10-18)16-20(21(24)25-2)23(17)15-19-11-7-4-8-12-19/h3-12,17,20H,13-16H2,1-2H3. The summed E-state index contributed by atoms with van der Waals surface area (Å²) in [7, 11) is 1.48. The summed E-state index contributed by atoms with van der Waals surface area (Å²) in [6.07, 6.45) is 0. The number of hydrogen-bond donors (Lipinski definition) is 0. The normalized spacial score (nSPS) is 21.8. The van der Waals surface area contributed by atoms with Gasteiger partial charge in [0.25, 0.3) is 0 Å². The van der Waals surface area contributed by atoms with Gasteiger partial charge in [0.1, 0.15) is 6.04 Å². The van der Waals surface area contributed by atoms with E-state index in [4.69, 9.17) is 4.74 Å². The average molecular weight is 338 g/mol. The van der Waals surface area contributed by atoms with E-state index in [1.807, 2.05) is 24.3 Å². The fraction of sp³-hybridized carbons (Fsp3) is 0.381. The molecule has 1 saturated heterocycles. The van der Waals surface area contributed by atoms with Gasteiger partial charge < -0.3 is 4.74 Å². The molecule has 0 spiro atoms. The number of carbonyl (C=O) groups is 1. The molecule has 0 amide bonds. The summed E-state index contributed by atoms with van der Waals surface area (Å²) in [5, 5.41) is 0. The molecule has 0 bridgehead atoms. The smallest absolute Gasteiger partial charge is 0.324 e. The predicted molar refractivity (Wildman–Crippen MR) is 99.0 cm³/mol. The van der Waals surface area contributed by atoms with E-state index in [-0.39, 0.29) is 18.1 Å². The number of hydrogen-bond acceptors (Lipinski definition) is 4. The Labute approximate surface area is 150 Å². The van der Waals surface area contributed by atoms with Gasteiger partial charge in [-0.05, 0) is 18.1 Å². The van der Waals surface area contributed by atoms with Crippen LogP contribution < -0.4 is 0 Å². The lowest BCUT2D eigenvalue weighted by Crippen LogP contribution is -2.59. The van der Waals surface area contributed by atoms with Crippen LogP contribution in [0.5, 0.6) is 0 Å². The van der Waals surface area contributed by atoms with Gasteiger partial charge >= 0.3 is 5.97 Å².